The van der Waals surface area contributed by atoms with Crippen molar-refractivity contribution >= 4 is 61.7 Å². The molecule has 0 aliphatic rings. The molecular formula is C12H8BrCl2IN2O. The van der Waals surface area contributed by atoms with E-state index in [9.17, 15) is 0 Å². The lowest BCUT2D eigenvalue weighted by Gasteiger charge is -2.08. The van der Waals surface area contributed by atoms with Gasteiger partial charge in [0, 0.05) is 17.1 Å². The molecule has 1 heterocycles. The first kappa shape index (κ1) is 15.4. The second-order valence-corrected chi connectivity index (χ2v) is 6.36. The molecule has 0 bridgehead atoms. The second-order valence-electron chi connectivity index (χ2n) is 3.66. The minimum atomic E-state index is 0.391. The van der Waals surface area contributed by atoms with Crippen molar-refractivity contribution in [3.05, 3.63) is 42.1 Å². The van der Waals surface area contributed by atoms with E-state index in [1.54, 1.807) is 13.2 Å². The Balaban J connectivity index is 2.52. The minimum Gasteiger partial charge on any atom is -0.378 e. The lowest BCUT2D eigenvalue weighted by molar-refractivity contribution is 0.181. The van der Waals surface area contributed by atoms with Crippen LogP contribution in [0.3, 0.4) is 0 Å². The molecule has 0 spiro atoms. The molecule has 7 heteroatoms. The van der Waals surface area contributed by atoms with Crippen molar-refractivity contribution in [3.63, 3.8) is 0 Å². The van der Waals surface area contributed by atoms with Gasteiger partial charge in [0.15, 0.2) is 5.82 Å². The molecule has 0 aliphatic heterocycles. The molecule has 0 radical (unpaired) electrons. The van der Waals surface area contributed by atoms with Crippen LogP contribution in [-0.4, -0.2) is 17.1 Å². The third kappa shape index (κ3) is 3.58. The molecule has 0 atom stereocenters. The Labute approximate surface area is 143 Å². The maximum atomic E-state index is 6.12. The van der Waals surface area contributed by atoms with Crippen LogP contribution in [-0.2, 0) is 11.3 Å². The zero-order chi connectivity index (χ0) is 14.0. The number of ether oxygens (including phenoxy) is 1. The van der Waals surface area contributed by atoms with E-state index in [-0.39, 0.29) is 0 Å². The zero-order valence-corrected chi connectivity index (χ0v) is 15.0. The van der Waals surface area contributed by atoms with E-state index < -0.39 is 0 Å². The molecule has 0 saturated carbocycles. The highest BCUT2D eigenvalue weighted by Gasteiger charge is 2.12. The van der Waals surface area contributed by atoms with Gasteiger partial charge in [-0.05, 0) is 56.7 Å². The molecule has 0 saturated heterocycles. The highest BCUT2D eigenvalue weighted by Crippen LogP contribution is 2.29. The molecule has 0 aliphatic carbocycles. The Hall–Kier alpha value is 0.0500. The third-order valence-corrected chi connectivity index (χ3v) is 5.28. The van der Waals surface area contributed by atoms with E-state index in [2.05, 4.69) is 48.5 Å². The largest absolute Gasteiger partial charge is 0.378 e. The van der Waals surface area contributed by atoms with E-state index in [0.717, 1.165) is 19.3 Å². The number of halogens is 4. The second kappa shape index (κ2) is 6.67. The predicted octanol–water partition coefficient (Wildman–Crippen LogP) is 4.96. The van der Waals surface area contributed by atoms with Crippen LogP contribution in [0.25, 0.3) is 11.4 Å². The topological polar surface area (TPSA) is 35.0 Å². The molecule has 2 rings (SSSR count). The Morgan fingerprint density at radius 3 is 2.68 bits per heavy atom. The summed E-state index contributed by atoms with van der Waals surface area (Å²) in [5, 5.41) is 1.06. The molecule has 0 unspecified atom stereocenters. The molecule has 0 amide bonds. The number of nitrogens with zero attached hydrogens (tertiary/aromatic N) is 2. The van der Waals surface area contributed by atoms with Crippen LogP contribution in [0.2, 0.25) is 10.2 Å². The van der Waals surface area contributed by atoms with Crippen LogP contribution in [0.4, 0.5) is 0 Å². The molecule has 0 fully saturated rings. The first-order chi connectivity index (χ1) is 9.02. The van der Waals surface area contributed by atoms with Crippen molar-refractivity contribution in [2.45, 2.75) is 6.61 Å². The van der Waals surface area contributed by atoms with Gasteiger partial charge in [0.2, 0.25) is 0 Å². The number of rotatable bonds is 3. The summed E-state index contributed by atoms with van der Waals surface area (Å²) in [5.41, 5.74) is 1.61. The van der Waals surface area contributed by atoms with Crippen LogP contribution in [0.1, 0.15) is 5.69 Å². The first-order valence-corrected chi connectivity index (χ1v) is 7.82. The molecule has 0 N–H and O–H groups in total. The average Bonchev–Trinajstić information content (AvgIpc) is 2.38. The van der Waals surface area contributed by atoms with E-state index in [1.807, 2.05) is 12.1 Å². The predicted molar refractivity (Wildman–Crippen MR) is 88.6 cm³/mol. The summed E-state index contributed by atoms with van der Waals surface area (Å²) in [4.78, 5) is 8.76. The lowest BCUT2D eigenvalue weighted by Crippen LogP contribution is -2.02. The van der Waals surface area contributed by atoms with Gasteiger partial charge < -0.3 is 4.74 Å². The SMILES string of the molecule is COCc1nc(-c2ccc(Cl)c(Br)c2)nc(Cl)c1I. The van der Waals surface area contributed by atoms with Gasteiger partial charge in [-0.15, -0.1) is 0 Å². The third-order valence-electron chi connectivity index (χ3n) is 2.34. The molecular weight excluding hydrogens is 466 g/mol. The molecule has 19 heavy (non-hydrogen) atoms. The highest BCUT2D eigenvalue weighted by molar-refractivity contribution is 14.1. The Kier molecular flexibility index (Phi) is 5.42. The van der Waals surface area contributed by atoms with Crippen LogP contribution >= 0.6 is 61.7 Å². The molecule has 1 aromatic heterocycles. The fraction of sp³-hybridized carbons (Fsp3) is 0.167. The Morgan fingerprint density at radius 2 is 2.05 bits per heavy atom. The van der Waals surface area contributed by atoms with E-state index in [0.29, 0.717) is 22.6 Å². The quantitative estimate of drug-likeness (QED) is 0.466. The van der Waals surface area contributed by atoms with Crippen molar-refractivity contribution < 1.29 is 4.74 Å². The van der Waals surface area contributed by atoms with Crippen LogP contribution in [0.5, 0.6) is 0 Å². The molecule has 1 aromatic carbocycles. The average molecular weight is 474 g/mol. The molecule has 100 valence electrons. The Morgan fingerprint density at radius 1 is 1.32 bits per heavy atom. The zero-order valence-electron chi connectivity index (χ0n) is 9.75. The van der Waals surface area contributed by atoms with Gasteiger partial charge in [-0.25, -0.2) is 9.97 Å². The normalized spacial score (nSPS) is 10.8. The number of benzene rings is 1. The Bertz CT molecular complexity index is 625. The number of hydrogen-bond acceptors (Lipinski definition) is 3. The van der Waals surface area contributed by atoms with Gasteiger partial charge in [-0.1, -0.05) is 23.2 Å². The van der Waals surface area contributed by atoms with Gasteiger partial charge in [0.05, 0.1) is 20.9 Å². The smallest absolute Gasteiger partial charge is 0.161 e. The standard InChI is InChI=1S/C12H8BrCl2IN2O/c1-19-5-9-10(16)11(15)18-12(17-9)6-2-3-8(14)7(13)4-6/h2-4H,5H2,1H3. The van der Waals surface area contributed by atoms with Crippen molar-refractivity contribution in [1.29, 1.82) is 0 Å². The van der Waals surface area contributed by atoms with Gasteiger partial charge in [0.25, 0.3) is 0 Å². The number of aromatic nitrogens is 2. The maximum Gasteiger partial charge on any atom is 0.161 e. The fourth-order valence-electron chi connectivity index (χ4n) is 1.46. The van der Waals surface area contributed by atoms with E-state index in [4.69, 9.17) is 27.9 Å². The van der Waals surface area contributed by atoms with Crippen LogP contribution in [0.15, 0.2) is 22.7 Å². The summed E-state index contributed by atoms with van der Waals surface area (Å²) in [7, 11) is 1.62. The van der Waals surface area contributed by atoms with Gasteiger partial charge in [-0.2, -0.15) is 0 Å². The molecule has 2 aromatic rings. The van der Waals surface area contributed by atoms with Crippen molar-refractivity contribution in [2.75, 3.05) is 7.11 Å². The van der Waals surface area contributed by atoms with Crippen LogP contribution < -0.4 is 0 Å². The molecule has 3 nitrogen and oxygen atoms in total. The van der Waals surface area contributed by atoms with Crippen molar-refractivity contribution in [1.82, 2.24) is 9.97 Å². The van der Waals surface area contributed by atoms with Gasteiger partial charge in [0.1, 0.15) is 5.15 Å². The number of methoxy groups -OCH3 is 1. The summed E-state index contributed by atoms with van der Waals surface area (Å²) >= 11 is 17.6. The summed E-state index contributed by atoms with van der Waals surface area (Å²) in [6, 6.07) is 5.49. The fourth-order valence-corrected chi connectivity index (χ4v) is 2.54. The summed E-state index contributed by atoms with van der Waals surface area (Å²) in [6.45, 7) is 0.391. The minimum absolute atomic E-state index is 0.391. The van der Waals surface area contributed by atoms with Gasteiger partial charge in [-0.3, -0.25) is 0 Å². The highest BCUT2D eigenvalue weighted by atomic mass is 127. The van der Waals surface area contributed by atoms with Crippen molar-refractivity contribution in [3.8, 4) is 11.4 Å². The van der Waals surface area contributed by atoms with E-state index >= 15 is 0 Å². The van der Waals surface area contributed by atoms with Gasteiger partial charge >= 0.3 is 0 Å². The lowest BCUT2D eigenvalue weighted by atomic mass is 10.2. The van der Waals surface area contributed by atoms with E-state index in [1.165, 1.54) is 0 Å². The van der Waals surface area contributed by atoms with Crippen molar-refractivity contribution in [2.24, 2.45) is 0 Å². The monoisotopic (exact) mass is 472 g/mol. The van der Waals surface area contributed by atoms with Crippen LogP contribution in [0, 0.1) is 3.57 Å². The number of hydrogen-bond donors (Lipinski definition) is 0. The summed E-state index contributed by atoms with van der Waals surface area (Å²) < 4.78 is 6.71. The maximum absolute atomic E-state index is 6.12. The summed E-state index contributed by atoms with van der Waals surface area (Å²) in [6.07, 6.45) is 0. The first-order valence-electron chi connectivity index (χ1n) is 5.19. The summed E-state index contributed by atoms with van der Waals surface area (Å²) in [5.74, 6) is 0.551.